The Labute approximate surface area is 169 Å². The van der Waals surface area contributed by atoms with Crippen molar-refractivity contribution in [3.05, 3.63) is 72.1 Å². The maximum atomic E-state index is 5.88. The second-order valence-corrected chi connectivity index (χ2v) is 7.41. The van der Waals surface area contributed by atoms with Crippen molar-refractivity contribution >= 4 is 12.4 Å². The summed E-state index contributed by atoms with van der Waals surface area (Å²) in [4.78, 5) is 6.27. The SMILES string of the molecule is CN(C/C=C/C#CC(C)(C)C)Cc1cccc(OCc2ccncc2)c1.Cl. The van der Waals surface area contributed by atoms with Gasteiger partial charge in [-0.1, -0.05) is 30.0 Å². The summed E-state index contributed by atoms with van der Waals surface area (Å²) in [6, 6.07) is 12.2. The van der Waals surface area contributed by atoms with Gasteiger partial charge in [0.1, 0.15) is 12.4 Å². The molecule has 0 spiro atoms. The van der Waals surface area contributed by atoms with E-state index in [1.807, 2.05) is 30.3 Å². The van der Waals surface area contributed by atoms with Crippen molar-refractivity contribution in [3.8, 4) is 17.6 Å². The molecule has 144 valence electrons. The Morgan fingerprint density at radius 2 is 1.85 bits per heavy atom. The third-order valence-corrected chi connectivity index (χ3v) is 3.57. The third-order valence-electron chi connectivity index (χ3n) is 3.57. The summed E-state index contributed by atoms with van der Waals surface area (Å²) >= 11 is 0. The number of nitrogens with zero attached hydrogens (tertiary/aromatic N) is 2. The lowest BCUT2D eigenvalue weighted by atomic mass is 9.98. The van der Waals surface area contributed by atoms with Crippen LogP contribution in [0.15, 0.2) is 60.9 Å². The molecule has 0 saturated heterocycles. The highest BCUT2D eigenvalue weighted by Crippen LogP contribution is 2.16. The maximum absolute atomic E-state index is 5.88. The van der Waals surface area contributed by atoms with Crippen LogP contribution in [0.2, 0.25) is 0 Å². The molecule has 0 bridgehead atoms. The molecule has 0 radical (unpaired) electrons. The van der Waals surface area contributed by atoms with E-state index < -0.39 is 0 Å². The van der Waals surface area contributed by atoms with Crippen LogP contribution in [-0.2, 0) is 13.2 Å². The molecular formula is C23H29ClN2O. The molecule has 0 unspecified atom stereocenters. The second-order valence-electron chi connectivity index (χ2n) is 7.41. The summed E-state index contributed by atoms with van der Waals surface area (Å²) in [5.41, 5.74) is 2.39. The number of pyridine rings is 1. The Morgan fingerprint density at radius 1 is 1.11 bits per heavy atom. The summed E-state index contributed by atoms with van der Waals surface area (Å²) in [5.74, 6) is 7.20. The fourth-order valence-corrected chi connectivity index (χ4v) is 2.31. The second kappa shape index (κ2) is 11.4. The molecule has 0 fully saturated rings. The van der Waals surface area contributed by atoms with E-state index in [-0.39, 0.29) is 17.8 Å². The van der Waals surface area contributed by atoms with Gasteiger partial charge >= 0.3 is 0 Å². The summed E-state index contributed by atoms with van der Waals surface area (Å²) in [6.45, 7) is 8.62. The van der Waals surface area contributed by atoms with Crippen molar-refractivity contribution in [1.82, 2.24) is 9.88 Å². The van der Waals surface area contributed by atoms with Gasteiger partial charge in [0.15, 0.2) is 0 Å². The number of halogens is 1. The highest BCUT2D eigenvalue weighted by Gasteiger charge is 2.03. The lowest BCUT2D eigenvalue weighted by molar-refractivity contribution is 0.304. The normalized spacial score (nSPS) is 11.0. The molecule has 1 aromatic heterocycles. The van der Waals surface area contributed by atoms with Crippen LogP contribution in [0.4, 0.5) is 0 Å². The molecule has 0 aliphatic rings. The molecule has 4 heteroatoms. The van der Waals surface area contributed by atoms with Crippen LogP contribution in [0.1, 0.15) is 31.9 Å². The largest absolute Gasteiger partial charge is 0.489 e. The average Bonchev–Trinajstić information content (AvgIpc) is 2.60. The van der Waals surface area contributed by atoms with Crippen LogP contribution in [0.25, 0.3) is 0 Å². The Hall–Kier alpha value is -2.28. The van der Waals surface area contributed by atoms with Crippen molar-refractivity contribution in [1.29, 1.82) is 0 Å². The van der Waals surface area contributed by atoms with Gasteiger partial charge in [0, 0.05) is 30.9 Å². The fraction of sp³-hybridized carbons (Fsp3) is 0.348. The van der Waals surface area contributed by atoms with Crippen LogP contribution < -0.4 is 4.74 Å². The van der Waals surface area contributed by atoms with Crippen molar-refractivity contribution in [2.75, 3.05) is 13.6 Å². The number of allylic oxidation sites excluding steroid dienone is 1. The Kier molecular flexibility index (Phi) is 9.64. The van der Waals surface area contributed by atoms with E-state index in [9.17, 15) is 0 Å². The number of likely N-dealkylation sites (N-methyl/N-ethyl adjacent to an activating group) is 1. The Morgan fingerprint density at radius 3 is 2.56 bits per heavy atom. The average molecular weight is 385 g/mol. The molecule has 27 heavy (non-hydrogen) atoms. The van der Waals surface area contributed by atoms with Gasteiger partial charge in [-0.05, 0) is 69.3 Å². The Balaban J connectivity index is 0.00000364. The summed E-state index contributed by atoms with van der Waals surface area (Å²) in [7, 11) is 2.10. The van der Waals surface area contributed by atoms with Crippen LogP contribution in [0.3, 0.4) is 0 Å². The lowest BCUT2D eigenvalue weighted by Gasteiger charge is -2.15. The van der Waals surface area contributed by atoms with Crippen LogP contribution in [0.5, 0.6) is 5.75 Å². The predicted octanol–water partition coefficient (Wildman–Crippen LogP) is 5.12. The molecule has 2 aromatic rings. The minimum absolute atomic E-state index is 0. The van der Waals surface area contributed by atoms with Crippen molar-refractivity contribution in [2.45, 2.75) is 33.9 Å². The molecule has 3 nitrogen and oxygen atoms in total. The lowest BCUT2D eigenvalue weighted by Crippen LogP contribution is -2.17. The number of aromatic nitrogens is 1. The number of ether oxygens (including phenoxy) is 1. The van der Waals surface area contributed by atoms with E-state index in [1.165, 1.54) is 5.56 Å². The van der Waals surface area contributed by atoms with Gasteiger partial charge in [-0.15, -0.1) is 12.4 Å². The van der Waals surface area contributed by atoms with Gasteiger partial charge in [0.05, 0.1) is 0 Å². The maximum Gasteiger partial charge on any atom is 0.120 e. The zero-order valence-electron chi connectivity index (χ0n) is 16.6. The minimum atomic E-state index is 0. The molecule has 0 N–H and O–H groups in total. The zero-order chi connectivity index (χ0) is 18.8. The van der Waals surface area contributed by atoms with Gasteiger partial charge in [-0.2, -0.15) is 0 Å². The monoisotopic (exact) mass is 384 g/mol. The molecule has 0 atom stereocenters. The van der Waals surface area contributed by atoms with Gasteiger partial charge in [-0.3, -0.25) is 9.88 Å². The van der Waals surface area contributed by atoms with Gasteiger partial charge in [0.25, 0.3) is 0 Å². The molecule has 1 heterocycles. The molecule has 0 amide bonds. The third kappa shape index (κ3) is 9.84. The number of hydrogen-bond donors (Lipinski definition) is 0. The first-order valence-electron chi connectivity index (χ1n) is 8.89. The quantitative estimate of drug-likeness (QED) is 0.619. The number of rotatable bonds is 7. The molecule has 0 aliphatic carbocycles. The van der Waals surface area contributed by atoms with Crippen LogP contribution in [-0.4, -0.2) is 23.5 Å². The van der Waals surface area contributed by atoms with Crippen LogP contribution >= 0.6 is 12.4 Å². The Bertz CT molecular complexity index is 770. The van der Waals surface area contributed by atoms with E-state index in [0.717, 1.165) is 24.4 Å². The first kappa shape index (κ1) is 22.8. The van der Waals surface area contributed by atoms with E-state index in [1.54, 1.807) is 12.4 Å². The molecule has 0 aliphatic heterocycles. The van der Waals surface area contributed by atoms with Crippen molar-refractivity contribution in [2.24, 2.45) is 5.41 Å². The highest BCUT2D eigenvalue weighted by atomic mass is 35.5. The summed E-state index contributed by atoms with van der Waals surface area (Å²) < 4.78 is 5.88. The van der Waals surface area contributed by atoms with E-state index in [2.05, 4.69) is 67.8 Å². The first-order chi connectivity index (χ1) is 12.4. The topological polar surface area (TPSA) is 25.4 Å². The predicted molar refractivity (Wildman–Crippen MR) is 115 cm³/mol. The van der Waals surface area contributed by atoms with Crippen molar-refractivity contribution in [3.63, 3.8) is 0 Å². The summed E-state index contributed by atoms with van der Waals surface area (Å²) in [6.07, 6.45) is 7.60. The van der Waals surface area contributed by atoms with Crippen LogP contribution in [0, 0.1) is 17.3 Å². The highest BCUT2D eigenvalue weighted by molar-refractivity contribution is 5.85. The van der Waals surface area contributed by atoms with E-state index in [4.69, 9.17) is 4.74 Å². The summed E-state index contributed by atoms with van der Waals surface area (Å²) in [5, 5.41) is 0. The number of hydrogen-bond acceptors (Lipinski definition) is 3. The molecule has 2 rings (SSSR count). The first-order valence-corrected chi connectivity index (χ1v) is 8.89. The molecule has 0 saturated carbocycles. The van der Waals surface area contributed by atoms with Gasteiger partial charge in [0.2, 0.25) is 0 Å². The van der Waals surface area contributed by atoms with Gasteiger partial charge in [-0.25, -0.2) is 0 Å². The standard InChI is InChI=1S/C23H28N2O.ClH/c1-23(2,3)13-6-5-7-16-25(4)18-21-9-8-10-22(17-21)26-19-20-11-14-24-15-12-20;/h5,7-12,14-15,17H,16,18-19H2,1-4H3;1H/b7-5+;. The molecule has 1 aromatic carbocycles. The fourth-order valence-electron chi connectivity index (χ4n) is 2.31. The van der Waals surface area contributed by atoms with Gasteiger partial charge < -0.3 is 4.74 Å². The molecular weight excluding hydrogens is 356 g/mol. The zero-order valence-corrected chi connectivity index (χ0v) is 17.4. The smallest absolute Gasteiger partial charge is 0.120 e. The van der Waals surface area contributed by atoms with Crippen molar-refractivity contribution < 1.29 is 4.74 Å². The van der Waals surface area contributed by atoms with E-state index >= 15 is 0 Å². The van der Waals surface area contributed by atoms with E-state index in [0.29, 0.717) is 6.61 Å². The number of benzene rings is 1. The minimum Gasteiger partial charge on any atom is -0.489 e.